The van der Waals surface area contributed by atoms with E-state index in [0.717, 1.165) is 11.3 Å². The lowest BCUT2D eigenvalue weighted by Gasteiger charge is -2.19. The van der Waals surface area contributed by atoms with Gasteiger partial charge in [-0.05, 0) is 50.6 Å². The number of hydrogen-bond donors (Lipinski definition) is 1. The Morgan fingerprint density at radius 1 is 0.957 bits per heavy atom. The maximum absolute atomic E-state index is 9.25. The Labute approximate surface area is 136 Å². The molecule has 0 aliphatic heterocycles. The SMILES string of the molecule is CC(C)Oc1cccc(C(C)Nc2c(C#N)cccc2C#N)c1. The van der Waals surface area contributed by atoms with Crippen LogP contribution < -0.4 is 10.1 Å². The fourth-order valence-electron chi connectivity index (χ4n) is 2.32. The average Bonchev–Trinajstić information content (AvgIpc) is 2.54. The van der Waals surface area contributed by atoms with Crippen LogP contribution >= 0.6 is 0 Å². The first kappa shape index (κ1) is 16.4. The molecule has 0 fully saturated rings. The van der Waals surface area contributed by atoms with E-state index in [1.165, 1.54) is 0 Å². The lowest BCUT2D eigenvalue weighted by atomic mass is 10.0. The standard InChI is InChI=1S/C19H19N3O/c1-13(2)23-18-9-5-6-15(10-18)14(3)22-19-16(11-20)7-4-8-17(19)12-21/h4-10,13-14,22H,1-3H3. The molecule has 0 aliphatic rings. The molecule has 1 unspecified atom stereocenters. The maximum atomic E-state index is 9.25. The van der Waals surface area contributed by atoms with Gasteiger partial charge in [0.25, 0.3) is 0 Å². The number of benzene rings is 2. The van der Waals surface area contributed by atoms with Crippen LogP contribution in [0.15, 0.2) is 42.5 Å². The Balaban J connectivity index is 2.28. The van der Waals surface area contributed by atoms with Gasteiger partial charge in [-0.2, -0.15) is 10.5 Å². The third kappa shape index (κ3) is 4.02. The van der Waals surface area contributed by atoms with Crippen LogP contribution in [0.3, 0.4) is 0 Å². The Hall–Kier alpha value is -2.98. The van der Waals surface area contributed by atoms with Crippen molar-refractivity contribution in [3.05, 3.63) is 59.2 Å². The minimum absolute atomic E-state index is 0.0627. The predicted octanol–water partition coefficient (Wildman–Crippen LogP) is 4.39. The van der Waals surface area contributed by atoms with E-state index in [0.29, 0.717) is 16.8 Å². The van der Waals surface area contributed by atoms with Crippen LogP contribution in [0.5, 0.6) is 5.75 Å². The summed E-state index contributed by atoms with van der Waals surface area (Å²) in [5, 5.41) is 21.8. The maximum Gasteiger partial charge on any atom is 0.120 e. The molecule has 0 saturated heterocycles. The first-order valence-corrected chi connectivity index (χ1v) is 7.51. The molecule has 0 aliphatic carbocycles. The fourth-order valence-corrected chi connectivity index (χ4v) is 2.32. The van der Waals surface area contributed by atoms with Crippen molar-refractivity contribution in [3.8, 4) is 17.9 Å². The van der Waals surface area contributed by atoms with E-state index < -0.39 is 0 Å². The van der Waals surface area contributed by atoms with Crippen LogP contribution in [0.4, 0.5) is 5.69 Å². The molecule has 0 bridgehead atoms. The number of nitrogens with zero attached hydrogens (tertiary/aromatic N) is 2. The topological polar surface area (TPSA) is 68.8 Å². The number of anilines is 1. The van der Waals surface area contributed by atoms with Gasteiger partial charge in [0.15, 0.2) is 0 Å². The van der Waals surface area contributed by atoms with E-state index in [-0.39, 0.29) is 12.1 Å². The zero-order valence-electron chi connectivity index (χ0n) is 13.5. The molecule has 4 heteroatoms. The molecule has 1 atom stereocenters. The zero-order valence-corrected chi connectivity index (χ0v) is 13.5. The molecule has 4 nitrogen and oxygen atoms in total. The highest BCUT2D eigenvalue weighted by Crippen LogP contribution is 2.27. The summed E-state index contributed by atoms with van der Waals surface area (Å²) in [7, 11) is 0. The third-order valence-corrected chi connectivity index (χ3v) is 3.40. The lowest BCUT2D eigenvalue weighted by molar-refractivity contribution is 0.242. The summed E-state index contributed by atoms with van der Waals surface area (Å²) in [6.45, 7) is 5.96. The van der Waals surface area contributed by atoms with E-state index >= 15 is 0 Å². The highest BCUT2D eigenvalue weighted by Gasteiger charge is 2.13. The Bertz CT molecular complexity index is 737. The van der Waals surface area contributed by atoms with Gasteiger partial charge in [-0.25, -0.2) is 0 Å². The van der Waals surface area contributed by atoms with Gasteiger partial charge in [0.05, 0.1) is 22.9 Å². The first-order valence-electron chi connectivity index (χ1n) is 7.51. The average molecular weight is 305 g/mol. The summed E-state index contributed by atoms with van der Waals surface area (Å²) in [5.41, 5.74) is 2.52. The van der Waals surface area contributed by atoms with Crippen molar-refractivity contribution in [2.24, 2.45) is 0 Å². The molecule has 2 aromatic rings. The van der Waals surface area contributed by atoms with Crippen LogP contribution in [0.1, 0.15) is 43.5 Å². The lowest BCUT2D eigenvalue weighted by Crippen LogP contribution is -2.10. The van der Waals surface area contributed by atoms with Gasteiger partial charge < -0.3 is 10.1 Å². The van der Waals surface area contributed by atoms with Crippen molar-refractivity contribution in [1.29, 1.82) is 10.5 Å². The Morgan fingerprint density at radius 3 is 2.13 bits per heavy atom. The van der Waals surface area contributed by atoms with Gasteiger partial charge in [0, 0.05) is 6.04 Å². The molecule has 0 aromatic heterocycles. The fraction of sp³-hybridized carbons (Fsp3) is 0.263. The normalized spacial score (nSPS) is 11.4. The van der Waals surface area contributed by atoms with Gasteiger partial charge in [-0.1, -0.05) is 18.2 Å². The summed E-state index contributed by atoms with van der Waals surface area (Å²) in [6.07, 6.45) is 0.109. The summed E-state index contributed by atoms with van der Waals surface area (Å²) in [5.74, 6) is 0.806. The highest BCUT2D eigenvalue weighted by molar-refractivity contribution is 5.67. The minimum Gasteiger partial charge on any atom is -0.491 e. The number of nitrogens with one attached hydrogen (secondary N) is 1. The van der Waals surface area contributed by atoms with Crippen molar-refractivity contribution in [1.82, 2.24) is 0 Å². The van der Waals surface area contributed by atoms with E-state index in [1.807, 2.05) is 45.0 Å². The summed E-state index contributed by atoms with van der Waals surface area (Å²) in [6, 6.07) is 17.1. The predicted molar refractivity (Wildman–Crippen MR) is 90.1 cm³/mol. The molecule has 0 amide bonds. The van der Waals surface area contributed by atoms with Gasteiger partial charge in [-0.3, -0.25) is 0 Å². The molecular formula is C19H19N3O. The molecule has 0 heterocycles. The molecule has 23 heavy (non-hydrogen) atoms. The van der Waals surface area contributed by atoms with Gasteiger partial charge in [-0.15, -0.1) is 0 Å². The molecular weight excluding hydrogens is 286 g/mol. The van der Waals surface area contributed by atoms with Crippen molar-refractivity contribution >= 4 is 5.69 Å². The molecule has 0 saturated carbocycles. The monoisotopic (exact) mass is 305 g/mol. The van der Waals surface area contributed by atoms with Crippen LogP contribution in [0.2, 0.25) is 0 Å². The minimum atomic E-state index is -0.0627. The molecule has 2 aromatic carbocycles. The molecule has 2 rings (SSSR count). The van der Waals surface area contributed by atoms with Gasteiger partial charge in [0.1, 0.15) is 17.9 Å². The summed E-state index contributed by atoms with van der Waals surface area (Å²) in [4.78, 5) is 0. The van der Waals surface area contributed by atoms with Crippen LogP contribution in [-0.4, -0.2) is 6.10 Å². The number of nitriles is 2. The molecule has 0 radical (unpaired) electrons. The highest BCUT2D eigenvalue weighted by atomic mass is 16.5. The van der Waals surface area contributed by atoms with Crippen LogP contribution in [-0.2, 0) is 0 Å². The zero-order chi connectivity index (χ0) is 16.8. The van der Waals surface area contributed by atoms with Crippen molar-refractivity contribution in [2.45, 2.75) is 32.9 Å². The van der Waals surface area contributed by atoms with Crippen molar-refractivity contribution in [2.75, 3.05) is 5.32 Å². The number of ether oxygens (including phenoxy) is 1. The Morgan fingerprint density at radius 2 is 1.57 bits per heavy atom. The van der Waals surface area contributed by atoms with Crippen molar-refractivity contribution < 1.29 is 4.74 Å². The molecule has 0 spiro atoms. The summed E-state index contributed by atoms with van der Waals surface area (Å²) >= 11 is 0. The largest absolute Gasteiger partial charge is 0.491 e. The van der Waals surface area contributed by atoms with E-state index in [1.54, 1.807) is 18.2 Å². The van der Waals surface area contributed by atoms with Crippen LogP contribution in [0, 0.1) is 22.7 Å². The van der Waals surface area contributed by atoms with Crippen molar-refractivity contribution in [3.63, 3.8) is 0 Å². The van der Waals surface area contributed by atoms with E-state index in [2.05, 4.69) is 17.5 Å². The second-order valence-corrected chi connectivity index (χ2v) is 5.56. The number of rotatable bonds is 5. The number of hydrogen-bond acceptors (Lipinski definition) is 4. The third-order valence-electron chi connectivity index (χ3n) is 3.40. The van der Waals surface area contributed by atoms with Gasteiger partial charge in [0.2, 0.25) is 0 Å². The van der Waals surface area contributed by atoms with E-state index in [4.69, 9.17) is 4.74 Å². The smallest absolute Gasteiger partial charge is 0.120 e. The Kier molecular flexibility index (Phi) is 5.23. The second kappa shape index (κ2) is 7.33. The van der Waals surface area contributed by atoms with E-state index in [9.17, 15) is 10.5 Å². The quantitative estimate of drug-likeness (QED) is 0.889. The summed E-state index contributed by atoms with van der Waals surface area (Å²) < 4.78 is 5.71. The second-order valence-electron chi connectivity index (χ2n) is 5.56. The first-order chi connectivity index (χ1) is 11.0. The number of para-hydroxylation sites is 1. The van der Waals surface area contributed by atoms with Gasteiger partial charge >= 0.3 is 0 Å². The molecule has 116 valence electrons. The molecule has 1 N–H and O–H groups in total. The van der Waals surface area contributed by atoms with Crippen LogP contribution in [0.25, 0.3) is 0 Å².